The van der Waals surface area contributed by atoms with Crippen molar-refractivity contribution in [1.29, 1.82) is 0 Å². The van der Waals surface area contributed by atoms with E-state index in [2.05, 4.69) is 12.2 Å². The van der Waals surface area contributed by atoms with Crippen LogP contribution in [0.3, 0.4) is 0 Å². The van der Waals surface area contributed by atoms with E-state index in [4.69, 9.17) is 16.3 Å². The molecule has 0 bridgehead atoms. The lowest BCUT2D eigenvalue weighted by Crippen LogP contribution is -2.60. The number of anilines is 1. The molecule has 232 valence electrons. The number of hydrogen-bond donors (Lipinski definition) is 1. The number of nitrogens with one attached hydrogen (secondary N) is 1. The number of ketones is 1. The standard InChI is InChI=1S/C33H41ClN2O6S/c1-2-3-4-5-6-7-8-9-10-11-12-19-24-42-30(39)27-29(38)36(32(41)43-27)33(34,28(37)25-20-15-13-16-21-25)31(40)35-26-22-17-14-18-23-26/h13-18,20-23,27H,2-12,19,24H2,1H3,(H,35,40). The van der Waals surface area contributed by atoms with Crippen LogP contribution in [0.5, 0.6) is 0 Å². The molecule has 1 fully saturated rings. The third kappa shape index (κ3) is 9.66. The number of nitrogens with zero attached hydrogens (tertiary/aromatic N) is 1. The number of ether oxygens (including phenoxy) is 1. The van der Waals surface area contributed by atoms with E-state index < -0.39 is 39.1 Å². The van der Waals surface area contributed by atoms with Gasteiger partial charge in [0.2, 0.25) is 5.78 Å². The summed E-state index contributed by atoms with van der Waals surface area (Å²) in [4.78, 5) is 64.0. The zero-order valence-corrected chi connectivity index (χ0v) is 26.3. The highest BCUT2D eigenvalue weighted by Gasteiger charge is 2.60. The van der Waals surface area contributed by atoms with Crippen LogP contribution in [0.4, 0.5) is 10.5 Å². The zero-order valence-electron chi connectivity index (χ0n) is 24.7. The lowest BCUT2D eigenvalue weighted by molar-refractivity contribution is -0.148. The first-order valence-corrected chi connectivity index (χ1v) is 16.4. The molecular formula is C33H41ClN2O6S. The van der Waals surface area contributed by atoms with E-state index in [9.17, 15) is 24.0 Å². The number of hydrogen-bond acceptors (Lipinski definition) is 7. The average Bonchev–Trinajstić information content (AvgIpc) is 3.33. The molecular weight excluding hydrogens is 588 g/mol. The van der Waals surface area contributed by atoms with Crippen LogP contribution in [0.2, 0.25) is 0 Å². The van der Waals surface area contributed by atoms with E-state index in [-0.39, 0.29) is 12.2 Å². The summed E-state index contributed by atoms with van der Waals surface area (Å²) >= 11 is 7.07. The van der Waals surface area contributed by atoms with Crippen molar-refractivity contribution in [3.8, 4) is 0 Å². The van der Waals surface area contributed by atoms with Crippen molar-refractivity contribution in [2.24, 2.45) is 0 Å². The molecule has 0 aromatic heterocycles. The van der Waals surface area contributed by atoms with Crippen molar-refractivity contribution in [3.63, 3.8) is 0 Å². The van der Waals surface area contributed by atoms with E-state index in [1.807, 2.05) is 0 Å². The van der Waals surface area contributed by atoms with Gasteiger partial charge in [-0.1, -0.05) is 138 Å². The van der Waals surface area contributed by atoms with Gasteiger partial charge in [-0.3, -0.25) is 24.0 Å². The maximum Gasteiger partial charge on any atom is 0.329 e. The summed E-state index contributed by atoms with van der Waals surface area (Å²) in [6.07, 6.45) is 13.9. The van der Waals surface area contributed by atoms with Gasteiger partial charge in [-0.15, -0.1) is 0 Å². The van der Waals surface area contributed by atoms with Crippen molar-refractivity contribution < 1.29 is 28.7 Å². The number of benzene rings is 2. The Hall–Kier alpha value is -3.17. The number of thioether (sulfide) groups is 1. The molecule has 0 aliphatic carbocycles. The second-order valence-electron chi connectivity index (χ2n) is 10.6. The van der Waals surface area contributed by atoms with Crippen molar-refractivity contribution in [2.45, 2.75) is 94.2 Å². The Kier molecular flexibility index (Phi) is 14.2. The molecule has 2 aromatic rings. The minimum absolute atomic E-state index is 0.0179. The first-order valence-electron chi connectivity index (χ1n) is 15.2. The smallest absolute Gasteiger partial charge is 0.329 e. The van der Waals surface area contributed by atoms with Crippen LogP contribution >= 0.6 is 23.4 Å². The Bertz CT molecular complexity index is 1230. The summed E-state index contributed by atoms with van der Waals surface area (Å²) in [5.41, 5.74) is 0.327. The van der Waals surface area contributed by atoms with Gasteiger partial charge in [0.15, 0.2) is 5.25 Å². The van der Waals surface area contributed by atoms with Gasteiger partial charge in [-0.05, 0) is 30.3 Å². The van der Waals surface area contributed by atoms with Gasteiger partial charge in [0.05, 0.1) is 6.61 Å². The number of alkyl halides is 1. The van der Waals surface area contributed by atoms with Gasteiger partial charge >= 0.3 is 5.97 Å². The molecule has 2 unspecified atom stereocenters. The van der Waals surface area contributed by atoms with Crippen LogP contribution in [-0.2, 0) is 19.1 Å². The molecule has 3 amide bonds. The van der Waals surface area contributed by atoms with Crippen LogP contribution in [0, 0.1) is 0 Å². The number of amides is 3. The molecule has 1 heterocycles. The molecule has 3 rings (SSSR count). The van der Waals surface area contributed by atoms with E-state index in [0.29, 0.717) is 28.8 Å². The van der Waals surface area contributed by atoms with E-state index in [1.165, 1.54) is 63.5 Å². The monoisotopic (exact) mass is 628 g/mol. The lowest BCUT2D eigenvalue weighted by Gasteiger charge is -2.31. The second-order valence-corrected chi connectivity index (χ2v) is 12.2. The SMILES string of the molecule is CCCCCCCCCCCCCCOC(=O)C1SC(=O)N(C(Cl)(C(=O)Nc2ccccc2)C(=O)c2ccccc2)C1=O. The fourth-order valence-electron chi connectivity index (χ4n) is 4.85. The number of Topliss-reactive ketones (excluding diaryl/α,β-unsaturated/α-hetero) is 1. The Balaban J connectivity index is 1.54. The van der Waals surface area contributed by atoms with Crippen LogP contribution in [0.1, 0.15) is 94.3 Å². The highest BCUT2D eigenvalue weighted by molar-refractivity contribution is 8.16. The minimum Gasteiger partial charge on any atom is -0.464 e. The summed E-state index contributed by atoms with van der Waals surface area (Å²) in [6, 6.07) is 15.8. The van der Waals surface area contributed by atoms with Crippen LogP contribution in [0.25, 0.3) is 0 Å². The van der Waals surface area contributed by atoms with Gasteiger partial charge in [0, 0.05) is 11.3 Å². The molecule has 2 aromatic carbocycles. The Morgan fingerprint density at radius 2 is 1.33 bits per heavy atom. The number of esters is 1. The van der Waals surface area contributed by atoms with Crippen molar-refractivity contribution in [3.05, 3.63) is 66.2 Å². The number of rotatable bonds is 19. The largest absolute Gasteiger partial charge is 0.464 e. The normalized spacial score (nSPS) is 16.1. The van der Waals surface area contributed by atoms with Gasteiger partial charge < -0.3 is 10.1 Å². The van der Waals surface area contributed by atoms with E-state index in [0.717, 1.165) is 19.3 Å². The molecule has 1 N–H and O–H groups in total. The summed E-state index contributed by atoms with van der Waals surface area (Å²) in [5.74, 6) is -4.04. The average molecular weight is 629 g/mol. The molecule has 8 nitrogen and oxygen atoms in total. The number of imide groups is 1. The molecule has 0 spiro atoms. The number of para-hydroxylation sites is 1. The van der Waals surface area contributed by atoms with Crippen LogP contribution in [0.15, 0.2) is 60.7 Å². The Labute approximate surface area is 263 Å². The fourth-order valence-corrected chi connectivity index (χ4v) is 6.12. The van der Waals surface area contributed by atoms with Gasteiger partial charge in [0.1, 0.15) is 0 Å². The van der Waals surface area contributed by atoms with Crippen LogP contribution < -0.4 is 5.32 Å². The molecule has 1 aliphatic heterocycles. The number of unbranched alkanes of at least 4 members (excludes halogenated alkanes) is 11. The summed E-state index contributed by atoms with van der Waals surface area (Å²) in [5, 5.41) is -0.0337. The maximum atomic E-state index is 13.6. The van der Waals surface area contributed by atoms with Crippen molar-refractivity contribution in [2.75, 3.05) is 11.9 Å². The quantitative estimate of drug-likeness (QED) is 0.0423. The third-order valence-corrected chi connectivity index (χ3v) is 8.81. The summed E-state index contributed by atoms with van der Waals surface area (Å²) < 4.78 is 5.31. The molecule has 1 aliphatic rings. The lowest BCUT2D eigenvalue weighted by atomic mass is 10.0. The number of carbonyl (C=O) groups excluding carboxylic acids is 5. The van der Waals surface area contributed by atoms with Gasteiger partial charge in [-0.25, -0.2) is 4.90 Å². The Morgan fingerprint density at radius 3 is 1.88 bits per heavy atom. The number of carbonyl (C=O) groups is 5. The molecule has 2 atom stereocenters. The third-order valence-electron chi connectivity index (χ3n) is 7.28. The van der Waals surface area contributed by atoms with E-state index in [1.54, 1.807) is 48.5 Å². The first-order chi connectivity index (χ1) is 20.8. The zero-order chi connectivity index (χ0) is 31.1. The molecule has 0 saturated carbocycles. The maximum absolute atomic E-state index is 13.6. The number of halogens is 1. The summed E-state index contributed by atoms with van der Waals surface area (Å²) in [7, 11) is 0. The van der Waals surface area contributed by atoms with Crippen LogP contribution in [-0.4, -0.2) is 50.6 Å². The molecule has 0 radical (unpaired) electrons. The minimum atomic E-state index is -2.76. The molecule has 43 heavy (non-hydrogen) atoms. The topological polar surface area (TPSA) is 110 Å². The summed E-state index contributed by atoms with van der Waals surface area (Å²) in [6.45, 7) is 2.33. The fraction of sp³-hybridized carbons (Fsp3) is 0.485. The molecule has 10 heteroatoms. The molecule has 1 saturated heterocycles. The highest BCUT2D eigenvalue weighted by atomic mass is 35.5. The predicted molar refractivity (Wildman–Crippen MR) is 170 cm³/mol. The van der Waals surface area contributed by atoms with Gasteiger partial charge in [0.25, 0.3) is 22.1 Å². The highest BCUT2D eigenvalue weighted by Crippen LogP contribution is 2.38. The second kappa shape index (κ2) is 17.8. The van der Waals surface area contributed by atoms with E-state index >= 15 is 0 Å². The van der Waals surface area contributed by atoms with Crippen molar-refractivity contribution >= 4 is 57.9 Å². The van der Waals surface area contributed by atoms with Crippen molar-refractivity contribution in [1.82, 2.24) is 4.90 Å². The first kappa shape index (κ1) is 34.3. The predicted octanol–water partition coefficient (Wildman–Crippen LogP) is 7.75. The van der Waals surface area contributed by atoms with Gasteiger partial charge in [-0.2, -0.15) is 0 Å². The Morgan fingerprint density at radius 1 is 0.814 bits per heavy atom.